The van der Waals surface area contributed by atoms with Crippen LogP contribution >= 0.6 is 0 Å². The highest BCUT2D eigenvalue weighted by atomic mass is 19.4. The lowest BCUT2D eigenvalue weighted by Crippen LogP contribution is -2.29. The lowest BCUT2D eigenvalue weighted by molar-refractivity contribution is -0.135. The van der Waals surface area contributed by atoms with E-state index >= 15 is 0 Å². The van der Waals surface area contributed by atoms with E-state index in [0.717, 1.165) is 0 Å². The number of para-hydroxylation sites is 1. The van der Waals surface area contributed by atoms with Crippen LogP contribution in [0.15, 0.2) is 24.3 Å². The van der Waals surface area contributed by atoms with Gasteiger partial charge in [-0.25, -0.2) is 0 Å². The molecule has 6 heteroatoms. The summed E-state index contributed by atoms with van der Waals surface area (Å²) < 4.78 is 35.5. The zero-order chi connectivity index (χ0) is 12.9. The van der Waals surface area contributed by atoms with Gasteiger partial charge in [0, 0.05) is 12.2 Å². The Morgan fingerprint density at radius 3 is 2.53 bits per heavy atom. The van der Waals surface area contributed by atoms with Crippen LogP contribution in [0.4, 0.5) is 18.9 Å². The number of amides is 1. The minimum atomic E-state index is -4.25. The minimum absolute atomic E-state index is 0.00939. The van der Waals surface area contributed by atoms with Crippen molar-refractivity contribution < 1.29 is 18.0 Å². The first-order valence-corrected chi connectivity index (χ1v) is 5.05. The van der Waals surface area contributed by atoms with Crippen LogP contribution in [0.1, 0.15) is 12.0 Å². The van der Waals surface area contributed by atoms with Crippen molar-refractivity contribution >= 4 is 11.6 Å². The lowest BCUT2D eigenvalue weighted by atomic mass is 10.1. The standard InChI is InChI=1S/C11H13F3N2O/c12-11(13,14)5-6-16-10(17)7-8-3-1-2-4-9(8)15/h1-4H,5-7,15H2,(H,16,17). The Bertz CT molecular complexity index is 391. The van der Waals surface area contributed by atoms with Crippen molar-refractivity contribution in [2.45, 2.75) is 19.0 Å². The number of hydrogen-bond donors (Lipinski definition) is 2. The molecule has 17 heavy (non-hydrogen) atoms. The van der Waals surface area contributed by atoms with E-state index < -0.39 is 25.0 Å². The summed E-state index contributed by atoms with van der Waals surface area (Å²) in [5, 5.41) is 2.20. The molecule has 0 spiro atoms. The van der Waals surface area contributed by atoms with Crippen molar-refractivity contribution in [3.05, 3.63) is 29.8 Å². The van der Waals surface area contributed by atoms with Gasteiger partial charge < -0.3 is 11.1 Å². The van der Waals surface area contributed by atoms with Crippen molar-refractivity contribution in [1.82, 2.24) is 5.32 Å². The first-order valence-electron chi connectivity index (χ1n) is 5.05. The number of halogens is 3. The summed E-state index contributed by atoms with van der Waals surface area (Å²) in [6.07, 6.45) is -5.29. The van der Waals surface area contributed by atoms with Crippen LogP contribution in [0.5, 0.6) is 0 Å². The first-order chi connectivity index (χ1) is 7.88. The third-order valence-corrected chi connectivity index (χ3v) is 2.14. The quantitative estimate of drug-likeness (QED) is 0.797. The fourth-order valence-corrected chi connectivity index (χ4v) is 1.27. The van der Waals surface area contributed by atoms with Crippen LogP contribution in [0.25, 0.3) is 0 Å². The summed E-state index contributed by atoms with van der Waals surface area (Å²) in [6.45, 7) is -0.408. The third kappa shape index (κ3) is 5.24. The summed E-state index contributed by atoms with van der Waals surface area (Å²) in [7, 11) is 0. The molecule has 1 aromatic rings. The van der Waals surface area contributed by atoms with Gasteiger partial charge in [-0.2, -0.15) is 13.2 Å². The van der Waals surface area contributed by atoms with Gasteiger partial charge in [0.15, 0.2) is 0 Å². The molecule has 1 rings (SSSR count). The summed E-state index contributed by atoms with van der Waals surface area (Å²) in [5.74, 6) is -0.466. The first kappa shape index (κ1) is 13.3. The number of hydrogen-bond acceptors (Lipinski definition) is 2. The molecule has 0 aliphatic rings. The Hall–Kier alpha value is -1.72. The Morgan fingerprint density at radius 2 is 1.94 bits per heavy atom. The van der Waals surface area contributed by atoms with Gasteiger partial charge in [0.1, 0.15) is 0 Å². The van der Waals surface area contributed by atoms with E-state index in [-0.39, 0.29) is 6.42 Å². The average Bonchev–Trinajstić information content (AvgIpc) is 2.19. The van der Waals surface area contributed by atoms with Gasteiger partial charge in [0.05, 0.1) is 12.8 Å². The third-order valence-electron chi connectivity index (χ3n) is 2.14. The molecule has 0 atom stereocenters. The maximum absolute atomic E-state index is 11.8. The fraction of sp³-hybridized carbons (Fsp3) is 0.364. The molecule has 3 nitrogen and oxygen atoms in total. The summed E-state index contributed by atoms with van der Waals surface area (Å²) >= 11 is 0. The highest BCUT2D eigenvalue weighted by molar-refractivity contribution is 5.80. The molecule has 0 aliphatic carbocycles. The number of carbonyl (C=O) groups excluding carboxylic acids is 1. The van der Waals surface area contributed by atoms with Crippen LogP contribution in [0, 0.1) is 0 Å². The topological polar surface area (TPSA) is 55.1 Å². The smallest absolute Gasteiger partial charge is 0.390 e. The van der Waals surface area contributed by atoms with Crippen LogP contribution in [-0.2, 0) is 11.2 Å². The van der Waals surface area contributed by atoms with Gasteiger partial charge in [-0.15, -0.1) is 0 Å². The zero-order valence-electron chi connectivity index (χ0n) is 9.05. The van der Waals surface area contributed by atoms with E-state index in [2.05, 4.69) is 5.32 Å². The molecular formula is C11H13F3N2O. The summed E-state index contributed by atoms with van der Waals surface area (Å²) in [4.78, 5) is 11.3. The Labute approximate surface area is 96.8 Å². The highest BCUT2D eigenvalue weighted by Gasteiger charge is 2.26. The molecule has 0 aromatic heterocycles. The monoisotopic (exact) mass is 246 g/mol. The molecule has 0 saturated heterocycles. The normalized spacial score (nSPS) is 11.2. The van der Waals surface area contributed by atoms with Gasteiger partial charge in [-0.3, -0.25) is 4.79 Å². The molecule has 94 valence electrons. The highest BCUT2D eigenvalue weighted by Crippen LogP contribution is 2.18. The summed E-state index contributed by atoms with van der Waals surface area (Å²) in [5.41, 5.74) is 6.67. The molecule has 1 amide bonds. The van der Waals surface area contributed by atoms with Crippen LogP contribution in [-0.4, -0.2) is 18.6 Å². The van der Waals surface area contributed by atoms with Crippen molar-refractivity contribution in [3.63, 3.8) is 0 Å². The van der Waals surface area contributed by atoms with Gasteiger partial charge in [-0.05, 0) is 11.6 Å². The van der Waals surface area contributed by atoms with E-state index in [4.69, 9.17) is 5.73 Å². The fourth-order valence-electron chi connectivity index (χ4n) is 1.27. The number of nitrogens with two attached hydrogens (primary N) is 1. The number of nitrogens with one attached hydrogen (secondary N) is 1. The number of nitrogen functional groups attached to an aromatic ring is 1. The second-order valence-electron chi connectivity index (χ2n) is 3.59. The Kier molecular flexibility index (Phi) is 4.37. The van der Waals surface area contributed by atoms with Crippen LogP contribution < -0.4 is 11.1 Å². The SMILES string of the molecule is Nc1ccccc1CC(=O)NCCC(F)(F)F. The molecule has 0 fully saturated rings. The molecule has 0 heterocycles. The van der Waals surface area contributed by atoms with Gasteiger partial charge in [-0.1, -0.05) is 18.2 Å². The van der Waals surface area contributed by atoms with E-state index in [9.17, 15) is 18.0 Å². The molecule has 3 N–H and O–H groups in total. The van der Waals surface area contributed by atoms with E-state index in [1.807, 2.05) is 0 Å². The van der Waals surface area contributed by atoms with Gasteiger partial charge in [0.25, 0.3) is 0 Å². The maximum atomic E-state index is 11.8. The predicted molar refractivity (Wildman–Crippen MR) is 58.2 cm³/mol. The second kappa shape index (κ2) is 5.56. The van der Waals surface area contributed by atoms with E-state index in [1.54, 1.807) is 24.3 Å². The van der Waals surface area contributed by atoms with Gasteiger partial charge >= 0.3 is 6.18 Å². The number of carbonyl (C=O) groups is 1. The van der Waals surface area contributed by atoms with Crippen molar-refractivity contribution in [3.8, 4) is 0 Å². The van der Waals surface area contributed by atoms with E-state index in [1.165, 1.54) is 0 Å². The largest absolute Gasteiger partial charge is 0.398 e. The number of anilines is 1. The second-order valence-corrected chi connectivity index (χ2v) is 3.59. The Morgan fingerprint density at radius 1 is 1.29 bits per heavy atom. The number of benzene rings is 1. The van der Waals surface area contributed by atoms with E-state index in [0.29, 0.717) is 11.3 Å². The molecule has 0 unspecified atom stereocenters. The minimum Gasteiger partial charge on any atom is -0.398 e. The molecule has 0 radical (unpaired) electrons. The molecule has 1 aromatic carbocycles. The predicted octanol–water partition coefficient (Wildman–Crippen LogP) is 1.88. The summed E-state index contributed by atoms with van der Waals surface area (Å²) in [6, 6.07) is 6.74. The van der Waals surface area contributed by atoms with Crippen molar-refractivity contribution in [1.29, 1.82) is 0 Å². The Balaban J connectivity index is 2.38. The maximum Gasteiger partial charge on any atom is 0.390 e. The zero-order valence-corrected chi connectivity index (χ0v) is 9.05. The molecule has 0 bridgehead atoms. The molecule has 0 saturated carbocycles. The average molecular weight is 246 g/mol. The molecular weight excluding hydrogens is 233 g/mol. The number of alkyl halides is 3. The van der Waals surface area contributed by atoms with Crippen molar-refractivity contribution in [2.24, 2.45) is 0 Å². The van der Waals surface area contributed by atoms with Crippen LogP contribution in [0.2, 0.25) is 0 Å². The molecule has 0 aliphatic heterocycles. The van der Waals surface area contributed by atoms with Crippen LogP contribution in [0.3, 0.4) is 0 Å². The number of rotatable bonds is 4. The van der Waals surface area contributed by atoms with Gasteiger partial charge in [0.2, 0.25) is 5.91 Å². The lowest BCUT2D eigenvalue weighted by Gasteiger charge is -2.08. The van der Waals surface area contributed by atoms with Crippen molar-refractivity contribution in [2.75, 3.05) is 12.3 Å².